The van der Waals surface area contributed by atoms with E-state index in [1.807, 2.05) is 0 Å². The number of aliphatic hydroxyl groups is 1. The van der Waals surface area contributed by atoms with Crippen molar-refractivity contribution in [3.05, 3.63) is 35.6 Å². The van der Waals surface area contributed by atoms with Crippen LogP contribution in [0.5, 0.6) is 0 Å². The van der Waals surface area contributed by atoms with Gasteiger partial charge in [-0.05, 0) is 24.6 Å². The zero-order valence-electron chi connectivity index (χ0n) is 8.94. The number of carbonyl (C=O) groups is 1. The average molecular weight is 227 g/mol. The second-order valence-electron chi connectivity index (χ2n) is 3.28. The Kier molecular flexibility index (Phi) is 4.72. The second kappa shape index (κ2) is 6.07. The van der Waals surface area contributed by atoms with Crippen LogP contribution >= 0.6 is 0 Å². The lowest BCUT2D eigenvalue weighted by Gasteiger charge is -2.13. The quantitative estimate of drug-likeness (QED) is 0.821. The first-order valence-electron chi connectivity index (χ1n) is 4.93. The third kappa shape index (κ3) is 3.86. The molecule has 1 aromatic carbocycles. The van der Waals surface area contributed by atoms with Gasteiger partial charge in [-0.25, -0.2) is 9.18 Å². The fourth-order valence-electron chi connectivity index (χ4n) is 1.19. The molecular weight excluding hydrogens is 213 g/mol. The normalized spacial score (nSPS) is 11.9. The molecule has 0 aliphatic rings. The van der Waals surface area contributed by atoms with E-state index in [0.29, 0.717) is 0 Å². The van der Waals surface area contributed by atoms with Crippen LogP contribution in [0, 0.1) is 5.82 Å². The molecule has 16 heavy (non-hydrogen) atoms. The summed E-state index contributed by atoms with van der Waals surface area (Å²) in [5.41, 5.74) is 0.780. The van der Waals surface area contributed by atoms with Crippen molar-refractivity contribution in [2.75, 3.05) is 13.2 Å². The Labute approximate surface area is 93.0 Å². The molecule has 0 aromatic heterocycles. The summed E-state index contributed by atoms with van der Waals surface area (Å²) in [6, 6.07) is 5.56. The Morgan fingerprint density at radius 2 is 2.12 bits per heavy atom. The molecule has 0 saturated heterocycles. The van der Waals surface area contributed by atoms with Crippen LogP contribution in [0.1, 0.15) is 18.5 Å². The molecule has 1 atom stereocenters. The van der Waals surface area contributed by atoms with Crippen molar-refractivity contribution >= 4 is 6.09 Å². The fourth-order valence-corrected chi connectivity index (χ4v) is 1.19. The zero-order chi connectivity index (χ0) is 12.0. The van der Waals surface area contributed by atoms with Crippen molar-refractivity contribution in [2.24, 2.45) is 0 Å². The van der Waals surface area contributed by atoms with Crippen LogP contribution in [-0.4, -0.2) is 24.4 Å². The summed E-state index contributed by atoms with van der Waals surface area (Å²) >= 11 is 0. The summed E-state index contributed by atoms with van der Waals surface area (Å²) in [5, 5.41) is 11.0. The molecule has 88 valence electrons. The topological polar surface area (TPSA) is 58.6 Å². The minimum Gasteiger partial charge on any atom is -0.447 e. The number of halogens is 1. The molecule has 5 heteroatoms. The minimum atomic E-state index is -0.606. The first-order valence-corrected chi connectivity index (χ1v) is 4.93. The molecule has 0 radical (unpaired) electrons. The molecule has 0 heterocycles. The van der Waals surface area contributed by atoms with Gasteiger partial charge in [0.05, 0.1) is 12.6 Å². The summed E-state index contributed by atoms with van der Waals surface area (Å²) in [4.78, 5) is 11.1. The highest BCUT2D eigenvalue weighted by atomic mass is 19.1. The lowest BCUT2D eigenvalue weighted by molar-refractivity contribution is 0.116. The number of nitrogens with one attached hydrogen (secondary N) is 1. The molecule has 1 aromatic rings. The van der Waals surface area contributed by atoms with Gasteiger partial charge in [0.2, 0.25) is 0 Å². The van der Waals surface area contributed by atoms with Crippen LogP contribution < -0.4 is 5.32 Å². The summed E-state index contributed by atoms with van der Waals surface area (Å²) in [5.74, 6) is -0.321. The van der Waals surface area contributed by atoms with Gasteiger partial charge in [-0.1, -0.05) is 12.1 Å². The number of hydrogen-bond acceptors (Lipinski definition) is 3. The Bertz CT molecular complexity index is 340. The van der Waals surface area contributed by atoms with E-state index in [1.165, 1.54) is 12.1 Å². The molecule has 0 unspecified atom stereocenters. The van der Waals surface area contributed by atoms with Crippen molar-refractivity contribution in [1.29, 1.82) is 0 Å². The monoisotopic (exact) mass is 227 g/mol. The first-order chi connectivity index (χ1) is 7.63. The van der Waals surface area contributed by atoms with Crippen molar-refractivity contribution in [3.63, 3.8) is 0 Å². The maximum Gasteiger partial charge on any atom is 0.407 e. The fraction of sp³-hybridized carbons (Fsp3) is 0.364. The summed E-state index contributed by atoms with van der Waals surface area (Å²) < 4.78 is 17.3. The smallest absolute Gasteiger partial charge is 0.407 e. The SMILES string of the molecule is C[C@@H](NC(=O)OCCO)c1ccc(F)cc1. The van der Waals surface area contributed by atoms with E-state index in [9.17, 15) is 9.18 Å². The molecule has 0 saturated carbocycles. The Balaban J connectivity index is 2.48. The standard InChI is InChI=1S/C11H14FNO3/c1-8(13-11(15)16-7-6-14)9-2-4-10(12)5-3-9/h2-5,8,14H,6-7H2,1H3,(H,13,15)/t8-/m1/s1. The lowest BCUT2D eigenvalue weighted by atomic mass is 10.1. The Morgan fingerprint density at radius 3 is 2.69 bits per heavy atom. The predicted octanol–water partition coefficient (Wildman–Crippen LogP) is 1.61. The largest absolute Gasteiger partial charge is 0.447 e. The highest BCUT2D eigenvalue weighted by molar-refractivity contribution is 5.67. The number of alkyl carbamates (subject to hydrolysis) is 1. The maximum absolute atomic E-state index is 12.6. The molecule has 1 amide bonds. The summed E-state index contributed by atoms with van der Waals surface area (Å²) in [6.45, 7) is 1.51. The highest BCUT2D eigenvalue weighted by Gasteiger charge is 2.09. The van der Waals surface area contributed by atoms with E-state index in [2.05, 4.69) is 10.1 Å². The third-order valence-electron chi connectivity index (χ3n) is 2.03. The van der Waals surface area contributed by atoms with Gasteiger partial charge in [-0.15, -0.1) is 0 Å². The third-order valence-corrected chi connectivity index (χ3v) is 2.03. The van der Waals surface area contributed by atoms with Gasteiger partial charge < -0.3 is 15.2 Å². The molecular formula is C11H14FNO3. The lowest BCUT2D eigenvalue weighted by Crippen LogP contribution is -2.28. The van der Waals surface area contributed by atoms with Crippen LogP contribution in [0.15, 0.2) is 24.3 Å². The van der Waals surface area contributed by atoms with Crippen LogP contribution in [0.2, 0.25) is 0 Å². The maximum atomic E-state index is 12.6. The van der Waals surface area contributed by atoms with E-state index < -0.39 is 6.09 Å². The second-order valence-corrected chi connectivity index (χ2v) is 3.28. The van der Waals surface area contributed by atoms with Crippen LogP contribution in [0.3, 0.4) is 0 Å². The van der Waals surface area contributed by atoms with E-state index in [1.54, 1.807) is 19.1 Å². The van der Waals surface area contributed by atoms with E-state index in [4.69, 9.17) is 5.11 Å². The molecule has 4 nitrogen and oxygen atoms in total. The molecule has 2 N–H and O–H groups in total. The minimum absolute atomic E-state index is 0.0397. The van der Waals surface area contributed by atoms with Gasteiger partial charge in [-0.3, -0.25) is 0 Å². The van der Waals surface area contributed by atoms with Crippen molar-refractivity contribution in [3.8, 4) is 0 Å². The molecule has 1 rings (SSSR count). The molecule has 0 spiro atoms. The van der Waals surface area contributed by atoms with Gasteiger partial charge in [0.15, 0.2) is 0 Å². The van der Waals surface area contributed by atoms with Gasteiger partial charge in [-0.2, -0.15) is 0 Å². The van der Waals surface area contributed by atoms with Crippen molar-refractivity contribution in [1.82, 2.24) is 5.32 Å². The number of aliphatic hydroxyl groups excluding tert-OH is 1. The first kappa shape index (κ1) is 12.4. The van der Waals surface area contributed by atoms with E-state index in [-0.39, 0.29) is 25.1 Å². The van der Waals surface area contributed by atoms with Gasteiger partial charge in [0.1, 0.15) is 12.4 Å². The van der Waals surface area contributed by atoms with Crippen LogP contribution in [-0.2, 0) is 4.74 Å². The van der Waals surface area contributed by atoms with Gasteiger partial charge in [0.25, 0.3) is 0 Å². The van der Waals surface area contributed by atoms with Crippen molar-refractivity contribution < 1.29 is 19.0 Å². The number of amides is 1. The van der Waals surface area contributed by atoms with Gasteiger partial charge >= 0.3 is 6.09 Å². The summed E-state index contributed by atoms with van der Waals surface area (Å²) in [7, 11) is 0. The van der Waals surface area contributed by atoms with Crippen molar-refractivity contribution in [2.45, 2.75) is 13.0 Å². The number of hydrogen-bond donors (Lipinski definition) is 2. The van der Waals surface area contributed by atoms with E-state index in [0.717, 1.165) is 5.56 Å². The number of rotatable bonds is 4. The average Bonchev–Trinajstić information content (AvgIpc) is 2.27. The molecule has 0 fully saturated rings. The molecule has 0 bridgehead atoms. The number of benzene rings is 1. The highest BCUT2D eigenvalue weighted by Crippen LogP contribution is 2.12. The van der Waals surface area contributed by atoms with Crippen LogP contribution in [0.4, 0.5) is 9.18 Å². The number of ether oxygens (including phenoxy) is 1. The predicted molar refractivity (Wildman–Crippen MR) is 56.4 cm³/mol. The Morgan fingerprint density at radius 1 is 1.50 bits per heavy atom. The van der Waals surface area contributed by atoms with Crippen LogP contribution in [0.25, 0.3) is 0 Å². The summed E-state index contributed by atoms with van der Waals surface area (Å²) in [6.07, 6.45) is -0.606. The number of carbonyl (C=O) groups excluding carboxylic acids is 1. The molecule has 0 aliphatic heterocycles. The van der Waals surface area contributed by atoms with Gasteiger partial charge in [0, 0.05) is 0 Å². The Hall–Kier alpha value is -1.62. The van der Waals surface area contributed by atoms with E-state index >= 15 is 0 Å². The zero-order valence-corrected chi connectivity index (χ0v) is 8.94. The molecule has 0 aliphatic carbocycles.